The van der Waals surface area contributed by atoms with E-state index in [1.807, 2.05) is 37.0 Å². The molecule has 1 amide bonds. The predicted octanol–water partition coefficient (Wildman–Crippen LogP) is 9.07. The number of nitrogens with zero attached hydrogens (tertiary/aromatic N) is 1. The molecule has 0 spiro atoms. The van der Waals surface area contributed by atoms with Gasteiger partial charge in [0.15, 0.2) is 0 Å². The molecule has 4 heteroatoms. The molecule has 0 radical (unpaired) electrons. The maximum absolute atomic E-state index is 13.1. The highest BCUT2D eigenvalue weighted by molar-refractivity contribution is 7.26. The van der Waals surface area contributed by atoms with Crippen molar-refractivity contribution in [3.05, 3.63) is 72.3 Å². The van der Waals surface area contributed by atoms with Crippen LogP contribution in [0.3, 0.4) is 0 Å². The fraction of sp³-hybridized carbons (Fsp3) is 0.367. The molecule has 0 saturated heterocycles. The van der Waals surface area contributed by atoms with Gasteiger partial charge < -0.3 is 9.64 Å². The van der Waals surface area contributed by atoms with Gasteiger partial charge in [-0.15, -0.1) is 11.3 Å². The Kier molecular flexibility index (Phi) is 6.99. The lowest BCUT2D eigenvalue weighted by Gasteiger charge is -2.33. The molecule has 1 heterocycles. The zero-order chi connectivity index (χ0) is 24.5. The van der Waals surface area contributed by atoms with Crippen molar-refractivity contribution in [2.45, 2.75) is 59.6 Å². The lowest BCUT2D eigenvalue weighted by Crippen LogP contribution is -2.40. The maximum Gasteiger partial charge on any atom is 0.410 e. The first kappa shape index (κ1) is 24.3. The van der Waals surface area contributed by atoms with Crippen molar-refractivity contribution < 1.29 is 9.53 Å². The van der Waals surface area contributed by atoms with Crippen LogP contribution in [0.25, 0.3) is 31.3 Å². The summed E-state index contributed by atoms with van der Waals surface area (Å²) >= 11 is 1.85. The summed E-state index contributed by atoms with van der Waals surface area (Å²) in [6.45, 7) is 12.9. The molecule has 4 rings (SSSR count). The van der Waals surface area contributed by atoms with Crippen LogP contribution in [0.1, 0.15) is 59.6 Å². The van der Waals surface area contributed by atoms with Crippen LogP contribution >= 0.6 is 11.3 Å². The first-order chi connectivity index (χ1) is 16.2. The van der Waals surface area contributed by atoms with Crippen LogP contribution < -0.4 is 0 Å². The van der Waals surface area contributed by atoms with E-state index in [2.05, 4.69) is 87.5 Å². The van der Waals surface area contributed by atoms with Crippen molar-refractivity contribution >= 4 is 37.6 Å². The van der Waals surface area contributed by atoms with Crippen molar-refractivity contribution in [1.82, 2.24) is 4.90 Å². The number of amides is 1. The van der Waals surface area contributed by atoms with Gasteiger partial charge in [0.25, 0.3) is 0 Å². The number of fused-ring (bicyclic) bond motifs is 3. The molecule has 0 aliphatic heterocycles. The molecule has 178 valence electrons. The van der Waals surface area contributed by atoms with E-state index in [1.54, 1.807) is 0 Å². The third-order valence-corrected chi connectivity index (χ3v) is 7.63. The zero-order valence-corrected chi connectivity index (χ0v) is 21.9. The smallest absolute Gasteiger partial charge is 0.410 e. The van der Waals surface area contributed by atoms with Crippen molar-refractivity contribution in [3.8, 4) is 11.1 Å². The Balaban J connectivity index is 1.65. The molecule has 1 aromatic heterocycles. The summed E-state index contributed by atoms with van der Waals surface area (Å²) in [5.41, 5.74) is 3.04. The molecule has 0 N–H and O–H groups in total. The average Bonchev–Trinajstić information content (AvgIpc) is 3.20. The van der Waals surface area contributed by atoms with E-state index in [-0.39, 0.29) is 12.1 Å². The Morgan fingerprint density at radius 2 is 1.62 bits per heavy atom. The first-order valence-electron chi connectivity index (χ1n) is 12.2. The number of rotatable bonds is 6. The highest BCUT2D eigenvalue weighted by atomic mass is 32.1. The highest BCUT2D eigenvalue weighted by Crippen LogP contribution is 2.40. The normalized spacial score (nSPS) is 13.7. The summed E-state index contributed by atoms with van der Waals surface area (Å²) < 4.78 is 8.38. The number of hydrogen-bond donors (Lipinski definition) is 0. The summed E-state index contributed by atoms with van der Waals surface area (Å²) in [5, 5.41) is 2.62. The first-order valence-corrected chi connectivity index (χ1v) is 13.0. The molecule has 2 atom stereocenters. The zero-order valence-electron chi connectivity index (χ0n) is 21.1. The standard InChI is InChI=1S/C30H35NO2S/c1-7-20(2)19-31(29(32)33-30(4,5)6)21(3)22-15-17-23(18-16-22)24-12-10-13-26-25-11-8-9-14-27(25)34-28(24)26/h8-18,20-21H,7,19H2,1-6H3. The second-order valence-electron chi connectivity index (χ2n) is 10.2. The quantitative estimate of drug-likeness (QED) is 0.279. The molecular weight excluding hydrogens is 438 g/mol. The molecular formula is C30H35NO2S. The second-order valence-corrected chi connectivity index (χ2v) is 11.3. The molecule has 34 heavy (non-hydrogen) atoms. The summed E-state index contributed by atoms with van der Waals surface area (Å²) in [7, 11) is 0. The van der Waals surface area contributed by atoms with Crippen LogP contribution in [0, 0.1) is 5.92 Å². The van der Waals surface area contributed by atoms with Gasteiger partial charge in [-0.25, -0.2) is 4.79 Å². The summed E-state index contributed by atoms with van der Waals surface area (Å²) in [6, 6.07) is 23.7. The highest BCUT2D eigenvalue weighted by Gasteiger charge is 2.28. The molecule has 2 unspecified atom stereocenters. The fourth-order valence-corrected chi connectivity index (χ4v) is 5.51. The number of benzene rings is 3. The van der Waals surface area contributed by atoms with E-state index in [1.165, 1.54) is 31.3 Å². The van der Waals surface area contributed by atoms with E-state index in [9.17, 15) is 4.79 Å². The van der Waals surface area contributed by atoms with E-state index >= 15 is 0 Å². The second kappa shape index (κ2) is 9.79. The molecule has 0 aliphatic carbocycles. The average molecular weight is 474 g/mol. The largest absolute Gasteiger partial charge is 0.444 e. The predicted molar refractivity (Wildman–Crippen MR) is 146 cm³/mol. The van der Waals surface area contributed by atoms with E-state index < -0.39 is 5.60 Å². The maximum atomic E-state index is 13.1. The molecule has 3 aromatic carbocycles. The van der Waals surface area contributed by atoms with Gasteiger partial charge >= 0.3 is 6.09 Å². The Morgan fingerprint density at radius 3 is 2.29 bits per heavy atom. The minimum atomic E-state index is -0.517. The number of ether oxygens (including phenoxy) is 1. The number of thiophene rings is 1. The van der Waals surface area contributed by atoms with Crippen LogP contribution in [-0.4, -0.2) is 23.1 Å². The van der Waals surface area contributed by atoms with Gasteiger partial charge in [0, 0.05) is 26.7 Å². The Bertz CT molecular complexity index is 1280. The van der Waals surface area contributed by atoms with Crippen molar-refractivity contribution in [1.29, 1.82) is 0 Å². The van der Waals surface area contributed by atoms with Gasteiger partial charge in [-0.2, -0.15) is 0 Å². The van der Waals surface area contributed by atoms with Crippen molar-refractivity contribution in [2.24, 2.45) is 5.92 Å². The Morgan fingerprint density at radius 1 is 0.941 bits per heavy atom. The molecule has 0 fully saturated rings. The number of hydrogen-bond acceptors (Lipinski definition) is 3. The van der Waals surface area contributed by atoms with E-state index in [4.69, 9.17) is 4.74 Å². The summed E-state index contributed by atoms with van der Waals surface area (Å²) in [6.07, 6.45) is 0.767. The minimum absolute atomic E-state index is 0.0713. The van der Waals surface area contributed by atoms with Gasteiger partial charge in [0.05, 0.1) is 6.04 Å². The SMILES string of the molecule is CCC(C)CN(C(=O)OC(C)(C)C)C(C)c1ccc(-c2cccc3c2sc2ccccc23)cc1. The summed E-state index contributed by atoms with van der Waals surface area (Å²) in [5.74, 6) is 0.403. The fourth-order valence-electron chi connectivity index (χ4n) is 4.27. The van der Waals surface area contributed by atoms with Crippen molar-refractivity contribution in [3.63, 3.8) is 0 Å². The van der Waals surface area contributed by atoms with Crippen LogP contribution in [0.4, 0.5) is 4.79 Å². The van der Waals surface area contributed by atoms with Gasteiger partial charge in [-0.05, 0) is 56.4 Å². The summed E-state index contributed by atoms with van der Waals surface area (Å²) in [4.78, 5) is 14.9. The lowest BCUT2D eigenvalue weighted by atomic mass is 9.98. The monoisotopic (exact) mass is 473 g/mol. The lowest BCUT2D eigenvalue weighted by molar-refractivity contribution is 0.0141. The van der Waals surface area contributed by atoms with Crippen molar-refractivity contribution in [2.75, 3.05) is 6.54 Å². The molecule has 0 saturated carbocycles. The van der Waals surface area contributed by atoms with E-state index in [0.29, 0.717) is 12.5 Å². The Hall–Kier alpha value is -2.85. The van der Waals surface area contributed by atoms with Crippen LogP contribution in [-0.2, 0) is 4.74 Å². The van der Waals surface area contributed by atoms with Gasteiger partial charge in [-0.1, -0.05) is 80.9 Å². The van der Waals surface area contributed by atoms with Crippen LogP contribution in [0.2, 0.25) is 0 Å². The molecule has 0 bridgehead atoms. The minimum Gasteiger partial charge on any atom is -0.444 e. The molecule has 3 nitrogen and oxygen atoms in total. The molecule has 0 aliphatic rings. The number of carbonyl (C=O) groups excluding carboxylic acids is 1. The third kappa shape index (κ3) is 5.12. The van der Waals surface area contributed by atoms with Crippen LogP contribution in [0.15, 0.2) is 66.7 Å². The van der Waals surface area contributed by atoms with Gasteiger partial charge in [0.2, 0.25) is 0 Å². The third-order valence-electron chi connectivity index (χ3n) is 6.41. The van der Waals surface area contributed by atoms with E-state index in [0.717, 1.165) is 12.0 Å². The van der Waals surface area contributed by atoms with Gasteiger partial charge in [0.1, 0.15) is 5.60 Å². The number of carbonyl (C=O) groups is 1. The Labute approximate surface area is 207 Å². The molecule has 4 aromatic rings. The van der Waals surface area contributed by atoms with Gasteiger partial charge in [-0.3, -0.25) is 0 Å². The van der Waals surface area contributed by atoms with Crippen LogP contribution in [0.5, 0.6) is 0 Å². The topological polar surface area (TPSA) is 29.5 Å².